The van der Waals surface area contributed by atoms with Crippen LogP contribution in [0.15, 0.2) is 53.4 Å². The van der Waals surface area contributed by atoms with Crippen LogP contribution in [0.5, 0.6) is 0 Å². The Morgan fingerprint density at radius 1 is 1.11 bits per heavy atom. The lowest BCUT2D eigenvalue weighted by molar-refractivity contribution is -0.152. The van der Waals surface area contributed by atoms with Crippen molar-refractivity contribution in [3.63, 3.8) is 0 Å². The van der Waals surface area contributed by atoms with E-state index in [0.29, 0.717) is 5.56 Å². The van der Waals surface area contributed by atoms with Gasteiger partial charge in [-0.1, -0.05) is 36.4 Å². The molecule has 1 aliphatic heterocycles. The minimum absolute atomic E-state index is 0.0431. The number of carbonyl (C=O) groups excluding carboxylic acids is 2. The number of benzene rings is 2. The topological polar surface area (TPSA) is 107 Å². The second kappa shape index (κ2) is 7.45. The number of hydrogen-bond donors (Lipinski definition) is 1. The molecule has 1 amide bonds. The molecule has 0 saturated heterocycles. The molecule has 1 aliphatic rings. The molecule has 0 saturated carbocycles. The molecular formula is C18H17FN2O5S. The van der Waals surface area contributed by atoms with Gasteiger partial charge in [-0.05, 0) is 23.3 Å². The molecule has 0 radical (unpaired) electrons. The summed E-state index contributed by atoms with van der Waals surface area (Å²) < 4.78 is 46.0. The van der Waals surface area contributed by atoms with Crippen molar-refractivity contribution in [1.29, 1.82) is 0 Å². The first-order valence-electron chi connectivity index (χ1n) is 8.09. The Morgan fingerprint density at radius 3 is 2.41 bits per heavy atom. The molecule has 1 heterocycles. The van der Waals surface area contributed by atoms with E-state index in [2.05, 4.69) is 0 Å². The van der Waals surface area contributed by atoms with Crippen molar-refractivity contribution < 1.29 is 27.1 Å². The van der Waals surface area contributed by atoms with Crippen molar-refractivity contribution in [2.24, 2.45) is 5.73 Å². The molecule has 0 bridgehead atoms. The number of nitrogens with two attached hydrogens (primary N) is 1. The van der Waals surface area contributed by atoms with Crippen LogP contribution in [-0.2, 0) is 37.3 Å². The number of ether oxygens (including phenoxy) is 1. The average Bonchev–Trinajstić information content (AvgIpc) is 2.65. The second-order valence-electron chi connectivity index (χ2n) is 6.04. The van der Waals surface area contributed by atoms with Crippen LogP contribution >= 0.6 is 0 Å². The van der Waals surface area contributed by atoms with E-state index in [1.807, 2.05) is 0 Å². The number of primary amides is 1. The maximum Gasteiger partial charge on any atom is 0.325 e. The molecule has 2 N–H and O–H groups in total. The average molecular weight is 392 g/mol. The van der Waals surface area contributed by atoms with Gasteiger partial charge in [-0.3, -0.25) is 9.59 Å². The molecule has 3 rings (SSSR count). The fraction of sp³-hybridized carbons (Fsp3) is 0.222. The summed E-state index contributed by atoms with van der Waals surface area (Å²) >= 11 is 0. The summed E-state index contributed by atoms with van der Waals surface area (Å²) in [6.45, 7) is -0.784. The third kappa shape index (κ3) is 3.83. The Balaban J connectivity index is 2.02. The Morgan fingerprint density at radius 2 is 1.74 bits per heavy atom. The highest BCUT2D eigenvalue weighted by Crippen LogP contribution is 2.30. The monoisotopic (exact) mass is 392 g/mol. The number of nitrogens with zero attached hydrogens (tertiary/aromatic N) is 1. The van der Waals surface area contributed by atoms with Gasteiger partial charge in [0.1, 0.15) is 16.8 Å². The summed E-state index contributed by atoms with van der Waals surface area (Å²) in [5.41, 5.74) is 6.46. The molecule has 1 atom stereocenters. The van der Waals surface area contributed by atoms with Crippen LogP contribution in [0.4, 0.5) is 4.39 Å². The maximum absolute atomic E-state index is 14.1. The molecule has 2 aromatic carbocycles. The van der Waals surface area contributed by atoms with Crippen LogP contribution in [0.3, 0.4) is 0 Å². The van der Waals surface area contributed by atoms with Crippen LogP contribution < -0.4 is 5.73 Å². The van der Waals surface area contributed by atoms with Crippen molar-refractivity contribution in [1.82, 2.24) is 4.31 Å². The zero-order valence-electron chi connectivity index (χ0n) is 14.2. The van der Waals surface area contributed by atoms with E-state index < -0.39 is 45.3 Å². The molecule has 7 nitrogen and oxygen atoms in total. The summed E-state index contributed by atoms with van der Waals surface area (Å²) in [4.78, 5) is 22.8. The number of carbonyl (C=O) groups is 2. The van der Waals surface area contributed by atoms with E-state index in [9.17, 15) is 22.4 Å². The number of fused-ring (bicyclic) bond motifs is 1. The summed E-state index contributed by atoms with van der Waals surface area (Å²) in [6.07, 6.45) is 0.0431. The summed E-state index contributed by atoms with van der Waals surface area (Å²) in [5, 5.41) is 0. The van der Waals surface area contributed by atoms with Crippen LogP contribution in [0.1, 0.15) is 11.1 Å². The minimum Gasteiger partial charge on any atom is -0.454 e. The number of sulfonamides is 1. The number of hydrogen-bond acceptors (Lipinski definition) is 5. The zero-order valence-corrected chi connectivity index (χ0v) is 15.0. The Bertz CT molecular complexity index is 993. The third-order valence-electron chi connectivity index (χ3n) is 4.26. The Labute approximate surface area is 155 Å². The smallest absolute Gasteiger partial charge is 0.325 e. The molecule has 0 spiro atoms. The molecule has 2 aromatic rings. The predicted octanol–water partition coefficient (Wildman–Crippen LogP) is 0.970. The van der Waals surface area contributed by atoms with E-state index in [-0.39, 0.29) is 13.0 Å². The van der Waals surface area contributed by atoms with Gasteiger partial charge in [0.25, 0.3) is 5.91 Å². The lowest BCUT2D eigenvalue weighted by Crippen LogP contribution is -2.49. The van der Waals surface area contributed by atoms with Gasteiger partial charge in [0.2, 0.25) is 10.0 Å². The van der Waals surface area contributed by atoms with Crippen molar-refractivity contribution in [2.45, 2.75) is 23.9 Å². The molecule has 0 aromatic heterocycles. The van der Waals surface area contributed by atoms with Crippen molar-refractivity contribution in [3.05, 3.63) is 65.5 Å². The largest absolute Gasteiger partial charge is 0.454 e. The second-order valence-corrected chi connectivity index (χ2v) is 7.90. The van der Waals surface area contributed by atoms with E-state index in [0.717, 1.165) is 22.0 Å². The van der Waals surface area contributed by atoms with E-state index in [4.69, 9.17) is 10.5 Å². The van der Waals surface area contributed by atoms with E-state index in [1.165, 1.54) is 12.1 Å². The van der Waals surface area contributed by atoms with Crippen LogP contribution in [0.25, 0.3) is 0 Å². The van der Waals surface area contributed by atoms with Crippen molar-refractivity contribution >= 4 is 21.9 Å². The lowest BCUT2D eigenvalue weighted by atomic mass is 9.96. The van der Waals surface area contributed by atoms with Gasteiger partial charge >= 0.3 is 5.97 Å². The minimum atomic E-state index is -4.33. The van der Waals surface area contributed by atoms with Crippen molar-refractivity contribution in [3.8, 4) is 0 Å². The highest BCUT2D eigenvalue weighted by Gasteiger charge is 2.41. The number of esters is 1. The highest BCUT2D eigenvalue weighted by molar-refractivity contribution is 7.89. The normalized spacial score (nSPS) is 17.1. The van der Waals surface area contributed by atoms with Gasteiger partial charge in [-0.25, -0.2) is 12.8 Å². The molecule has 9 heteroatoms. The van der Waals surface area contributed by atoms with Gasteiger partial charge < -0.3 is 10.5 Å². The van der Waals surface area contributed by atoms with E-state index >= 15 is 0 Å². The summed E-state index contributed by atoms with van der Waals surface area (Å²) in [6, 6.07) is 10.7. The van der Waals surface area contributed by atoms with Gasteiger partial charge in [0.15, 0.2) is 6.61 Å². The molecule has 0 unspecified atom stereocenters. The summed E-state index contributed by atoms with van der Waals surface area (Å²) in [5.74, 6) is -2.69. The number of amides is 1. The van der Waals surface area contributed by atoms with E-state index in [1.54, 1.807) is 24.3 Å². The standard InChI is InChI=1S/C18H17FN2O5S/c19-14-7-3-4-8-16(14)27(24,25)21-10-13-6-2-1-5-12(13)9-15(21)18(23)26-11-17(20)22/h1-8,15H,9-11H2,(H2,20,22)/t15-/m0/s1. The summed E-state index contributed by atoms with van der Waals surface area (Å²) in [7, 11) is -4.33. The van der Waals surface area contributed by atoms with Crippen LogP contribution in [-0.4, -0.2) is 37.2 Å². The Hall–Kier alpha value is -2.78. The highest BCUT2D eigenvalue weighted by atomic mass is 32.2. The Kier molecular flexibility index (Phi) is 5.24. The van der Waals surface area contributed by atoms with Gasteiger partial charge in [0.05, 0.1) is 0 Å². The van der Waals surface area contributed by atoms with Gasteiger partial charge in [0, 0.05) is 13.0 Å². The lowest BCUT2D eigenvalue weighted by Gasteiger charge is -2.34. The van der Waals surface area contributed by atoms with Gasteiger partial charge in [-0.15, -0.1) is 0 Å². The maximum atomic E-state index is 14.1. The predicted molar refractivity (Wildman–Crippen MR) is 93.2 cm³/mol. The SMILES string of the molecule is NC(=O)COC(=O)[C@@H]1Cc2ccccc2CN1S(=O)(=O)c1ccccc1F. The number of halogens is 1. The molecule has 0 aliphatic carbocycles. The van der Waals surface area contributed by atoms with Crippen LogP contribution in [0, 0.1) is 5.82 Å². The van der Waals surface area contributed by atoms with Crippen LogP contribution in [0.2, 0.25) is 0 Å². The first-order valence-corrected chi connectivity index (χ1v) is 9.53. The zero-order chi connectivity index (χ0) is 19.6. The molecule has 142 valence electrons. The third-order valence-corrected chi connectivity index (χ3v) is 6.15. The quantitative estimate of drug-likeness (QED) is 0.763. The first kappa shape index (κ1) is 19.0. The molecule has 0 fully saturated rings. The van der Waals surface area contributed by atoms with Crippen molar-refractivity contribution in [2.75, 3.05) is 6.61 Å². The molecule has 27 heavy (non-hydrogen) atoms. The molecular weight excluding hydrogens is 375 g/mol. The first-order chi connectivity index (χ1) is 12.8. The fourth-order valence-corrected chi connectivity index (χ4v) is 4.59. The fourth-order valence-electron chi connectivity index (χ4n) is 2.97. The number of rotatable bonds is 5. The van der Waals surface area contributed by atoms with Gasteiger partial charge in [-0.2, -0.15) is 4.31 Å².